The van der Waals surface area contributed by atoms with Gasteiger partial charge in [-0.15, -0.1) is 0 Å². The second kappa shape index (κ2) is 8.56. The highest BCUT2D eigenvalue weighted by molar-refractivity contribution is 5.76. The quantitative estimate of drug-likeness (QED) is 0.713. The summed E-state index contributed by atoms with van der Waals surface area (Å²) in [4.78, 5) is 31.7. The predicted molar refractivity (Wildman–Crippen MR) is 107 cm³/mol. The Kier molecular flexibility index (Phi) is 5.51. The number of pyridine rings is 2. The van der Waals surface area contributed by atoms with Gasteiger partial charge >= 0.3 is 0 Å². The molecule has 3 aromatic heterocycles. The van der Waals surface area contributed by atoms with Crippen LogP contribution in [0.1, 0.15) is 18.4 Å². The van der Waals surface area contributed by atoms with Crippen LogP contribution in [0.5, 0.6) is 0 Å². The van der Waals surface area contributed by atoms with E-state index in [1.807, 2.05) is 30.3 Å². The maximum Gasteiger partial charge on any atom is 0.225 e. The number of hydrogen-bond donors (Lipinski definition) is 1. The van der Waals surface area contributed by atoms with Crippen molar-refractivity contribution in [1.82, 2.24) is 25.3 Å². The van der Waals surface area contributed by atoms with Gasteiger partial charge in [-0.2, -0.15) is 0 Å². The van der Waals surface area contributed by atoms with Crippen molar-refractivity contribution >= 4 is 11.9 Å². The highest BCUT2D eigenvalue weighted by atomic mass is 16.1. The molecule has 7 nitrogen and oxygen atoms in total. The summed E-state index contributed by atoms with van der Waals surface area (Å²) in [5.74, 6) is 0.759. The van der Waals surface area contributed by atoms with Crippen LogP contribution in [-0.4, -0.2) is 45.0 Å². The molecule has 1 aliphatic rings. The minimum atomic E-state index is 0.0701. The lowest BCUT2D eigenvalue weighted by Crippen LogP contribution is -2.37. The number of nitrogens with one attached hydrogen (secondary N) is 1. The number of carbonyl (C=O) groups excluding carboxylic acids is 1. The average Bonchev–Trinajstić information content (AvgIpc) is 3.22. The second-order valence-corrected chi connectivity index (χ2v) is 6.84. The molecule has 0 aromatic carbocycles. The van der Waals surface area contributed by atoms with E-state index in [2.05, 4.69) is 30.2 Å². The molecule has 0 radical (unpaired) electrons. The molecular weight excluding hydrogens is 352 g/mol. The van der Waals surface area contributed by atoms with Crippen LogP contribution in [0.2, 0.25) is 0 Å². The fourth-order valence-corrected chi connectivity index (χ4v) is 3.34. The van der Waals surface area contributed by atoms with E-state index in [-0.39, 0.29) is 11.9 Å². The van der Waals surface area contributed by atoms with Crippen LogP contribution in [0.25, 0.3) is 11.3 Å². The van der Waals surface area contributed by atoms with E-state index >= 15 is 0 Å². The van der Waals surface area contributed by atoms with Crippen molar-refractivity contribution in [2.24, 2.45) is 0 Å². The first kappa shape index (κ1) is 18.0. The van der Waals surface area contributed by atoms with E-state index in [0.29, 0.717) is 18.8 Å². The van der Waals surface area contributed by atoms with E-state index in [1.165, 1.54) is 0 Å². The number of anilines is 1. The smallest absolute Gasteiger partial charge is 0.225 e. The van der Waals surface area contributed by atoms with Crippen molar-refractivity contribution in [2.75, 3.05) is 18.0 Å². The van der Waals surface area contributed by atoms with Gasteiger partial charge in [-0.3, -0.25) is 14.8 Å². The average molecular weight is 374 g/mol. The molecule has 3 aromatic rings. The Bertz CT molecular complexity index is 918. The molecule has 0 spiro atoms. The van der Waals surface area contributed by atoms with E-state index in [4.69, 9.17) is 0 Å². The van der Waals surface area contributed by atoms with Gasteiger partial charge in [0.2, 0.25) is 11.9 Å². The van der Waals surface area contributed by atoms with Gasteiger partial charge in [0.15, 0.2) is 0 Å². The number of nitrogens with zero attached hydrogens (tertiary/aromatic N) is 5. The van der Waals surface area contributed by atoms with Crippen molar-refractivity contribution in [2.45, 2.75) is 25.3 Å². The van der Waals surface area contributed by atoms with Crippen molar-refractivity contribution in [3.63, 3.8) is 0 Å². The summed E-state index contributed by atoms with van der Waals surface area (Å²) in [5, 5.41) is 3.13. The molecule has 4 rings (SSSR count). The van der Waals surface area contributed by atoms with Crippen LogP contribution < -0.4 is 10.2 Å². The minimum Gasteiger partial charge on any atom is -0.352 e. The van der Waals surface area contributed by atoms with Gasteiger partial charge in [-0.25, -0.2) is 9.97 Å². The predicted octanol–water partition coefficient (Wildman–Crippen LogP) is 2.26. The van der Waals surface area contributed by atoms with Gasteiger partial charge in [0, 0.05) is 62.1 Å². The first-order valence-electron chi connectivity index (χ1n) is 9.44. The number of hydrogen-bond acceptors (Lipinski definition) is 6. The van der Waals surface area contributed by atoms with E-state index in [1.54, 1.807) is 31.0 Å². The largest absolute Gasteiger partial charge is 0.352 e. The molecular formula is C21H22N6O. The fourth-order valence-electron chi connectivity index (χ4n) is 3.34. The number of rotatable bonds is 6. The third-order valence-corrected chi connectivity index (χ3v) is 4.80. The highest BCUT2D eigenvalue weighted by Gasteiger charge is 2.25. The fraction of sp³-hybridized carbons (Fsp3) is 0.286. The number of aromatic nitrogens is 4. The molecule has 1 atom stereocenters. The molecule has 0 aliphatic carbocycles. The van der Waals surface area contributed by atoms with Crippen molar-refractivity contribution in [1.29, 1.82) is 0 Å². The normalized spacial score (nSPS) is 16.1. The molecule has 7 heteroatoms. The number of carbonyl (C=O) groups is 1. The molecule has 28 heavy (non-hydrogen) atoms. The molecule has 1 unspecified atom stereocenters. The number of aryl methyl sites for hydroxylation is 1. The molecule has 1 fully saturated rings. The Hall–Kier alpha value is -3.35. The van der Waals surface area contributed by atoms with Crippen LogP contribution in [0.15, 0.2) is 61.3 Å². The Labute approximate surface area is 163 Å². The Morgan fingerprint density at radius 2 is 1.96 bits per heavy atom. The Morgan fingerprint density at radius 1 is 1.11 bits per heavy atom. The molecule has 0 bridgehead atoms. The van der Waals surface area contributed by atoms with Gasteiger partial charge in [0.1, 0.15) is 0 Å². The minimum absolute atomic E-state index is 0.0701. The summed E-state index contributed by atoms with van der Waals surface area (Å²) in [7, 11) is 0. The summed E-state index contributed by atoms with van der Waals surface area (Å²) in [6, 6.07) is 9.76. The molecule has 0 saturated carbocycles. The monoisotopic (exact) mass is 374 g/mol. The SMILES string of the molecule is O=C(CCc1cccnc1)NC1CCN(c2nccc(-c3cccnc3)n2)C1. The van der Waals surface area contributed by atoms with Crippen LogP contribution in [-0.2, 0) is 11.2 Å². The molecule has 142 valence electrons. The van der Waals surface area contributed by atoms with Crippen LogP contribution >= 0.6 is 0 Å². The Balaban J connectivity index is 1.32. The van der Waals surface area contributed by atoms with Gasteiger partial charge in [0.05, 0.1) is 5.69 Å². The summed E-state index contributed by atoms with van der Waals surface area (Å²) >= 11 is 0. The lowest BCUT2D eigenvalue weighted by molar-refractivity contribution is -0.121. The zero-order valence-electron chi connectivity index (χ0n) is 15.5. The molecule has 1 aliphatic heterocycles. The van der Waals surface area contributed by atoms with Crippen molar-refractivity contribution in [3.05, 3.63) is 66.9 Å². The molecule has 1 N–H and O–H groups in total. The third-order valence-electron chi connectivity index (χ3n) is 4.80. The van der Waals surface area contributed by atoms with Crippen molar-refractivity contribution in [3.8, 4) is 11.3 Å². The summed E-state index contributed by atoms with van der Waals surface area (Å²) in [6.45, 7) is 1.54. The lowest BCUT2D eigenvalue weighted by atomic mass is 10.1. The summed E-state index contributed by atoms with van der Waals surface area (Å²) in [5.41, 5.74) is 2.89. The van der Waals surface area contributed by atoms with Gasteiger partial charge in [-0.1, -0.05) is 6.07 Å². The first-order valence-corrected chi connectivity index (χ1v) is 9.44. The van der Waals surface area contributed by atoms with E-state index in [0.717, 1.165) is 36.3 Å². The van der Waals surface area contributed by atoms with Crippen molar-refractivity contribution < 1.29 is 4.79 Å². The zero-order valence-corrected chi connectivity index (χ0v) is 15.5. The molecule has 1 amide bonds. The maximum atomic E-state index is 12.3. The summed E-state index contributed by atoms with van der Waals surface area (Å²) in [6.07, 6.45) is 10.9. The zero-order chi connectivity index (χ0) is 19.2. The first-order chi connectivity index (χ1) is 13.8. The Morgan fingerprint density at radius 3 is 2.75 bits per heavy atom. The molecule has 4 heterocycles. The van der Waals surface area contributed by atoms with Gasteiger partial charge in [-0.05, 0) is 42.7 Å². The van der Waals surface area contributed by atoms with E-state index < -0.39 is 0 Å². The standard InChI is InChI=1S/C21H22N6O/c28-20(6-5-16-3-1-9-22-13-16)25-18-8-12-27(15-18)21-24-11-7-19(26-21)17-4-2-10-23-14-17/h1-4,7,9-11,13-14,18H,5-6,8,12,15H2,(H,25,28). The molecule has 1 saturated heterocycles. The summed E-state index contributed by atoms with van der Waals surface area (Å²) < 4.78 is 0. The lowest BCUT2D eigenvalue weighted by Gasteiger charge is -2.17. The van der Waals surface area contributed by atoms with Gasteiger partial charge < -0.3 is 10.2 Å². The van der Waals surface area contributed by atoms with Crippen LogP contribution in [0.3, 0.4) is 0 Å². The van der Waals surface area contributed by atoms with Crippen LogP contribution in [0.4, 0.5) is 5.95 Å². The van der Waals surface area contributed by atoms with Crippen LogP contribution in [0, 0.1) is 0 Å². The highest BCUT2D eigenvalue weighted by Crippen LogP contribution is 2.20. The topological polar surface area (TPSA) is 83.9 Å². The maximum absolute atomic E-state index is 12.3. The van der Waals surface area contributed by atoms with Gasteiger partial charge in [0.25, 0.3) is 0 Å². The third kappa shape index (κ3) is 4.49. The van der Waals surface area contributed by atoms with E-state index in [9.17, 15) is 4.79 Å². The number of amides is 1. The second-order valence-electron chi connectivity index (χ2n) is 6.84.